The molecule has 1 atom stereocenters. The number of imidazole rings is 1. The molecule has 0 spiro atoms. The van der Waals surface area contributed by atoms with Gasteiger partial charge in [0.1, 0.15) is 22.4 Å². The lowest BCUT2D eigenvalue weighted by Crippen LogP contribution is -2.28. The molecule has 1 aromatic carbocycles. The predicted octanol–water partition coefficient (Wildman–Crippen LogP) is 1.73. The van der Waals surface area contributed by atoms with Crippen molar-refractivity contribution in [2.24, 2.45) is 0 Å². The normalized spacial score (nSPS) is 13.4. The van der Waals surface area contributed by atoms with Gasteiger partial charge in [0.15, 0.2) is 0 Å². The fraction of sp³-hybridized carbons (Fsp3) is 0.182. The molecule has 1 aromatic heterocycles. The van der Waals surface area contributed by atoms with Crippen LogP contribution in [0.2, 0.25) is 0 Å². The van der Waals surface area contributed by atoms with Gasteiger partial charge in [0.25, 0.3) is 0 Å². The molecule has 8 heteroatoms. The smallest absolute Gasteiger partial charge is 0.244 e. The van der Waals surface area contributed by atoms with Crippen molar-refractivity contribution in [1.82, 2.24) is 14.7 Å². The molecule has 1 heterocycles. The van der Waals surface area contributed by atoms with Crippen LogP contribution < -0.4 is 4.72 Å². The summed E-state index contributed by atoms with van der Waals surface area (Å²) in [7, 11) is -4.08. The lowest BCUT2D eigenvalue weighted by atomic mass is 10.3. The number of nitrogens with one attached hydrogen (secondary N) is 2. The first-order valence-corrected chi connectivity index (χ1v) is 6.85. The fourth-order valence-electron chi connectivity index (χ4n) is 1.56. The molecule has 1 unspecified atom stereocenters. The summed E-state index contributed by atoms with van der Waals surface area (Å²) in [5.41, 5.74) is 0. The Balaban J connectivity index is 2.28. The fourth-order valence-corrected chi connectivity index (χ4v) is 2.83. The van der Waals surface area contributed by atoms with E-state index < -0.39 is 32.6 Å². The summed E-state index contributed by atoms with van der Waals surface area (Å²) in [6.07, 6.45) is 3.01. The molecule has 2 aromatic rings. The van der Waals surface area contributed by atoms with Crippen LogP contribution in [0.3, 0.4) is 0 Å². The molecular formula is C11H11F2N3O2S. The van der Waals surface area contributed by atoms with E-state index in [9.17, 15) is 17.2 Å². The number of benzene rings is 1. The summed E-state index contributed by atoms with van der Waals surface area (Å²) >= 11 is 0. The van der Waals surface area contributed by atoms with Gasteiger partial charge < -0.3 is 4.98 Å². The summed E-state index contributed by atoms with van der Waals surface area (Å²) in [5.74, 6) is -1.58. The van der Waals surface area contributed by atoms with Gasteiger partial charge in [-0.3, -0.25) is 0 Å². The minimum absolute atomic E-state index is 0.395. The van der Waals surface area contributed by atoms with Gasteiger partial charge in [-0.1, -0.05) is 0 Å². The molecule has 2 N–H and O–H groups in total. The van der Waals surface area contributed by atoms with Gasteiger partial charge in [0.2, 0.25) is 10.0 Å². The number of nitrogens with zero attached hydrogens (tertiary/aromatic N) is 1. The quantitative estimate of drug-likeness (QED) is 0.899. The second-order valence-electron chi connectivity index (χ2n) is 3.89. The predicted molar refractivity (Wildman–Crippen MR) is 63.7 cm³/mol. The molecule has 0 aliphatic heterocycles. The Morgan fingerprint density at radius 1 is 1.37 bits per heavy atom. The Hall–Kier alpha value is -1.80. The van der Waals surface area contributed by atoms with E-state index in [0.717, 1.165) is 12.1 Å². The minimum Gasteiger partial charge on any atom is -0.347 e. The van der Waals surface area contributed by atoms with Crippen molar-refractivity contribution in [3.05, 3.63) is 48.1 Å². The van der Waals surface area contributed by atoms with Crippen molar-refractivity contribution < 1.29 is 17.2 Å². The molecule has 0 aliphatic carbocycles. The van der Waals surface area contributed by atoms with E-state index in [2.05, 4.69) is 14.7 Å². The average Bonchev–Trinajstić information content (AvgIpc) is 2.80. The molecule has 102 valence electrons. The largest absolute Gasteiger partial charge is 0.347 e. The number of halogens is 2. The van der Waals surface area contributed by atoms with Crippen LogP contribution in [0.15, 0.2) is 35.5 Å². The third-order valence-corrected chi connectivity index (χ3v) is 4.02. The van der Waals surface area contributed by atoms with E-state index in [-0.39, 0.29) is 0 Å². The van der Waals surface area contributed by atoms with Crippen LogP contribution in [-0.4, -0.2) is 18.4 Å². The first-order chi connectivity index (χ1) is 8.90. The number of H-pyrrole nitrogens is 1. The summed E-state index contributed by atoms with van der Waals surface area (Å²) in [6.45, 7) is 1.55. The molecule has 0 aliphatic rings. The molecule has 0 saturated heterocycles. The molecule has 5 nitrogen and oxygen atoms in total. The van der Waals surface area contributed by atoms with Crippen molar-refractivity contribution in [2.75, 3.05) is 0 Å². The highest BCUT2D eigenvalue weighted by molar-refractivity contribution is 7.89. The number of rotatable bonds is 4. The van der Waals surface area contributed by atoms with Gasteiger partial charge in [-0.25, -0.2) is 26.9 Å². The molecular weight excluding hydrogens is 276 g/mol. The summed E-state index contributed by atoms with van der Waals surface area (Å²) in [5, 5.41) is 0. The van der Waals surface area contributed by atoms with Crippen LogP contribution in [-0.2, 0) is 10.0 Å². The second-order valence-corrected chi connectivity index (χ2v) is 5.57. The van der Waals surface area contributed by atoms with Crippen molar-refractivity contribution in [1.29, 1.82) is 0 Å². The van der Waals surface area contributed by atoms with E-state index in [1.165, 1.54) is 6.20 Å². The Morgan fingerprint density at radius 2 is 2.11 bits per heavy atom. The summed E-state index contributed by atoms with van der Waals surface area (Å²) < 4.78 is 52.4. The highest BCUT2D eigenvalue weighted by atomic mass is 32.2. The first kappa shape index (κ1) is 13.6. The standard InChI is InChI=1S/C11H11F2N3O2S/c1-7(11-14-4-5-15-11)16-19(17,18)10-3-2-8(12)6-9(10)13/h2-7,16H,1H3,(H,14,15). The van der Waals surface area contributed by atoms with Crippen molar-refractivity contribution in [3.63, 3.8) is 0 Å². The van der Waals surface area contributed by atoms with Gasteiger partial charge >= 0.3 is 0 Å². The van der Waals surface area contributed by atoms with Crippen LogP contribution in [0.5, 0.6) is 0 Å². The van der Waals surface area contributed by atoms with Gasteiger partial charge in [0, 0.05) is 18.5 Å². The minimum atomic E-state index is -4.08. The topological polar surface area (TPSA) is 74.8 Å². The number of hydrogen-bond acceptors (Lipinski definition) is 3. The maximum atomic E-state index is 13.5. The lowest BCUT2D eigenvalue weighted by Gasteiger charge is -2.12. The van der Waals surface area contributed by atoms with Gasteiger partial charge in [-0.2, -0.15) is 0 Å². The van der Waals surface area contributed by atoms with Crippen LogP contribution in [0.4, 0.5) is 8.78 Å². The maximum absolute atomic E-state index is 13.5. The zero-order chi connectivity index (χ0) is 14.0. The zero-order valence-corrected chi connectivity index (χ0v) is 10.7. The highest BCUT2D eigenvalue weighted by Crippen LogP contribution is 2.18. The van der Waals surface area contributed by atoms with E-state index in [4.69, 9.17) is 0 Å². The number of hydrogen-bond donors (Lipinski definition) is 2. The Morgan fingerprint density at radius 3 is 2.68 bits per heavy atom. The molecule has 0 fully saturated rings. The first-order valence-electron chi connectivity index (χ1n) is 5.37. The third-order valence-electron chi connectivity index (χ3n) is 2.44. The van der Waals surface area contributed by atoms with Crippen molar-refractivity contribution >= 4 is 10.0 Å². The summed E-state index contributed by atoms with van der Waals surface area (Å²) in [6, 6.07) is 1.62. The van der Waals surface area contributed by atoms with E-state index in [0.29, 0.717) is 11.9 Å². The average molecular weight is 287 g/mol. The van der Waals surface area contributed by atoms with Crippen molar-refractivity contribution in [3.8, 4) is 0 Å². The Bertz CT molecular complexity index is 671. The molecule has 0 saturated carbocycles. The lowest BCUT2D eigenvalue weighted by molar-refractivity contribution is 0.534. The van der Waals surface area contributed by atoms with Crippen LogP contribution in [0.25, 0.3) is 0 Å². The number of aromatic amines is 1. The second kappa shape index (κ2) is 5.06. The van der Waals surface area contributed by atoms with E-state index >= 15 is 0 Å². The van der Waals surface area contributed by atoms with Gasteiger partial charge in [0.05, 0.1) is 6.04 Å². The molecule has 2 rings (SSSR count). The van der Waals surface area contributed by atoms with Crippen LogP contribution in [0, 0.1) is 11.6 Å². The van der Waals surface area contributed by atoms with E-state index in [1.54, 1.807) is 13.1 Å². The number of sulfonamides is 1. The van der Waals surface area contributed by atoms with E-state index in [1.807, 2.05) is 0 Å². The highest BCUT2D eigenvalue weighted by Gasteiger charge is 2.23. The van der Waals surface area contributed by atoms with Gasteiger partial charge in [-0.15, -0.1) is 0 Å². The Kier molecular flexibility index (Phi) is 3.63. The van der Waals surface area contributed by atoms with Crippen LogP contribution in [0.1, 0.15) is 18.8 Å². The van der Waals surface area contributed by atoms with Crippen molar-refractivity contribution in [2.45, 2.75) is 17.9 Å². The van der Waals surface area contributed by atoms with Gasteiger partial charge in [-0.05, 0) is 19.1 Å². The zero-order valence-electron chi connectivity index (χ0n) is 9.89. The van der Waals surface area contributed by atoms with Crippen LogP contribution >= 0.6 is 0 Å². The SMILES string of the molecule is CC(NS(=O)(=O)c1ccc(F)cc1F)c1ncc[nH]1. The summed E-state index contributed by atoms with van der Waals surface area (Å²) in [4.78, 5) is 6.03. The number of aromatic nitrogens is 2. The molecule has 19 heavy (non-hydrogen) atoms. The maximum Gasteiger partial charge on any atom is 0.244 e. The molecule has 0 bridgehead atoms. The monoisotopic (exact) mass is 287 g/mol. The Labute approximate surface area is 108 Å². The third kappa shape index (κ3) is 2.96. The molecule has 0 amide bonds. The molecule has 0 radical (unpaired) electrons.